The maximum absolute atomic E-state index is 12.5. The summed E-state index contributed by atoms with van der Waals surface area (Å²) in [6.07, 6.45) is -0.794. The Morgan fingerprint density at radius 3 is 2.89 bits per heavy atom. The number of alkyl halides is 1. The van der Waals surface area contributed by atoms with Crippen molar-refractivity contribution >= 4 is 0 Å². The lowest BCUT2D eigenvalue weighted by atomic mass is 10.2. The zero-order chi connectivity index (χ0) is 6.69. The summed E-state index contributed by atoms with van der Waals surface area (Å²) < 4.78 is 12.5. The molecule has 2 nitrogen and oxygen atoms in total. The van der Waals surface area contributed by atoms with Gasteiger partial charge in [0.1, 0.15) is 6.17 Å². The lowest BCUT2D eigenvalue weighted by Gasteiger charge is -2.23. The standard InChI is InChI=1S/C6H12FN2/c1-5(7)6-4-8-2-3-9-6/h5-6,8H,2-4H2,1H3. The van der Waals surface area contributed by atoms with Gasteiger partial charge in [-0.1, -0.05) is 0 Å². The van der Waals surface area contributed by atoms with Crippen molar-refractivity contribution in [2.24, 2.45) is 0 Å². The zero-order valence-electron chi connectivity index (χ0n) is 5.60. The molecule has 0 amide bonds. The molecule has 1 rings (SSSR count). The van der Waals surface area contributed by atoms with Crippen LogP contribution in [0.4, 0.5) is 4.39 Å². The summed E-state index contributed by atoms with van der Waals surface area (Å²) in [5, 5.41) is 7.17. The number of piperazine rings is 1. The molecule has 0 aromatic heterocycles. The third-order valence-electron chi connectivity index (χ3n) is 1.54. The quantitative estimate of drug-likeness (QED) is 0.529. The summed E-state index contributed by atoms with van der Waals surface area (Å²) >= 11 is 0. The Morgan fingerprint density at radius 1 is 1.78 bits per heavy atom. The number of nitrogens with one attached hydrogen (secondary N) is 1. The second-order valence-corrected chi connectivity index (χ2v) is 2.36. The van der Waals surface area contributed by atoms with Crippen LogP contribution in [0.5, 0.6) is 0 Å². The van der Waals surface area contributed by atoms with Gasteiger partial charge < -0.3 is 5.32 Å². The van der Waals surface area contributed by atoms with E-state index < -0.39 is 6.17 Å². The zero-order valence-corrected chi connectivity index (χ0v) is 5.60. The molecule has 1 N–H and O–H groups in total. The van der Waals surface area contributed by atoms with Gasteiger partial charge >= 0.3 is 0 Å². The molecular formula is C6H12FN2. The van der Waals surface area contributed by atoms with E-state index in [0.717, 1.165) is 13.1 Å². The highest BCUT2D eigenvalue weighted by atomic mass is 19.1. The Hall–Kier alpha value is -0.150. The van der Waals surface area contributed by atoms with E-state index >= 15 is 0 Å². The van der Waals surface area contributed by atoms with E-state index in [1.807, 2.05) is 0 Å². The second kappa shape index (κ2) is 3.13. The van der Waals surface area contributed by atoms with Crippen molar-refractivity contribution in [1.82, 2.24) is 10.6 Å². The molecule has 0 bridgehead atoms. The first-order chi connectivity index (χ1) is 4.30. The van der Waals surface area contributed by atoms with Crippen LogP contribution in [-0.4, -0.2) is 31.8 Å². The summed E-state index contributed by atoms with van der Waals surface area (Å²) in [4.78, 5) is 0. The summed E-state index contributed by atoms with van der Waals surface area (Å²) in [7, 11) is 0. The maximum atomic E-state index is 12.5. The minimum atomic E-state index is -0.794. The molecule has 1 aliphatic rings. The van der Waals surface area contributed by atoms with Gasteiger partial charge in [0.15, 0.2) is 0 Å². The Labute approximate surface area is 54.8 Å². The highest BCUT2D eigenvalue weighted by molar-refractivity contribution is 4.78. The SMILES string of the molecule is CC(F)C1CNCC[N]1. The monoisotopic (exact) mass is 131 g/mol. The van der Waals surface area contributed by atoms with Crippen LogP contribution in [0.1, 0.15) is 6.92 Å². The molecule has 0 aromatic carbocycles. The number of halogens is 1. The van der Waals surface area contributed by atoms with Crippen molar-refractivity contribution in [3.8, 4) is 0 Å². The number of rotatable bonds is 1. The summed E-state index contributed by atoms with van der Waals surface area (Å²) in [5.74, 6) is 0. The van der Waals surface area contributed by atoms with E-state index in [4.69, 9.17) is 0 Å². The minimum Gasteiger partial charge on any atom is -0.314 e. The molecule has 3 heteroatoms. The highest BCUT2D eigenvalue weighted by Crippen LogP contribution is 1.99. The largest absolute Gasteiger partial charge is 0.314 e. The maximum Gasteiger partial charge on any atom is 0.115 e. The Morgan fingerprint density at radius 2 is 2.56 bits per heavy atom. The van der Waals surface area contributed by atoms with Crippen molar-refractivity contribution in [2.45, 2.75) is 19.1 Å². The molecule has 1 heterocycles. The van der Waals surface area contributed by atoms with Gasteiger partial charge in [-0.05, 0) is 6.92 Å². The van der Waals surface area contributed by atoms with E-state index in [2.05, 4.69) is 10.6 Å². The lowest BCUT2D eigenvalue weighted by molar-refractivity contribution is 0.242. The molecule has 0 saturated carbocycles. The van der Waals surface area contributed by atoms with Crippen LogP contribution in [0.2, 0.25) is 0 Å². The van der Waals surface area contributed by atoms with Crippen molar-refractivity contribution in [3.63, 3.8) is 0 Å². The molecule has 0 aromatic rings. The average molecular weight is 131 g/mol. The molecule has 2 unspecified atom stereocenters. The molecule has 9 heavy (non-hydrogen) atoms. The van der Waals surface area contributed by atoms with Crippen LogP contribution < -0.4 is 10.6 Å². The van der Waals surface area contributed by atoms with Crippen molar-refractivity contribution < 1.29 is 4.39 Å². The van der Waals surface area contributed by atoms with Crippen LogP contribution >= 0.6 is 0 Å². The van der Waals surface area contributed by atoms with Gasteiger partial charge in [-0.15, -0.1) is 0 Å². The molecule has 53 valence electrons. The molecule has 1 fully saturated rings. The van der Waals surface area contributed by atoms with E-state index in [0.29, 0.717) is 6.54 Å². The normalized spacial score (nSPS) is 32.0. The van der Waals surface area contributed by atoms with Gasteiger partial charge in [-0.2, -0.15) is 0 Å². The highest BCUT2D eigenvalue weighted by Gasteiger charge is 2.18. The Bertz CT molecular complexity index is 79.1. The van der Waals surface area contributed by atoms with E-state index in [1.165, 1.54) is 0 Å². The van der Waals surface area contributed by atoms with Crippen LogP contribution in [0.15, 0.2) is 0 Å². The van der Waals surface area contributed by atoms with Gasteiger partial charge in [0.2, 0.25) is 0 Å². The first-order valence-corrected chi connectivity index (χ1v) is 3.32. The third kappa shape index (κ3) is 1.91. The predicted octanol–water partition coefficient (Wildman–Crippen LogP) is -0.0794. The van der Waals surface area contributed by atoms with Gasteiger partial charge in [0.25, 0.3) is 0 Å². The molecular weight excluding hydrogens is 119 g/mol. The number of hydrogen-bond acceptors (Lipinski definition) is 1. The number of nitrogens with zero attached hydrogens (tertiary/aromatic N) is 1. The lowest BCUT2D eigenvalue weighted by Crippen LogP contribution is -2.48. The van der Waals surface area contributed by atoms with Crippen LogP contribution in [0, 0.1) is 0 Å². The third-order valence-corrected chi connectivity index (χ3v) is 1.54. The summed E-state index contributed by atoms with van der Waals surface area (Å²) in [5.41, 5.74) is 0. The number of hydrogen-bond donors (Lipinski definition) is 1. The fourth-order valence-corrected chi connectivity index (χ4v) is 0.932. The Kier molecular flexibility index (Phi) is 2.42. The van der Waals surface area contributed by atoms with E-state index in [9.17, 15) is 4.39 Å². The van der Waals surface area contributed by atoms with Gasteiger partial charge in [-0.3, -0.25) is 0 Å². The van der Waals surface area contributed by atoms with Gasteiger partial charge in [-0.25, -0.2) is 9.71 Å². The molecule has 1 radical (unpaired) electrons. The van der Waals surface area contributed by atoms with Crippen molar-refractivity contribution in [3.05, 3.63) is 0 Å². The van der Waals surface area contributed by atoms with Crippen LogP contribution in [0.25, 0.3) is 0 Å². The second-order valence-electron chi connectivity index (χ2n) is 2.36. The topological polar surface area (TPSA) is 26.1 Å². The molecule has 0 aliphatic carbocycles. The fraction of sp³-hybridized carbons (Fsp3) is 1.00. The smallest absolute Gasteiger partial charge is 0.115 e. The van der Waals surface area contributed by atoms with Crippen LogP contribution in [-0.2, 0) is 0 Å². The Balaban J connectivity index is 2.23. The molecule has 0 spiro atoms. The van der Waals surface area contributed by atoms with Crippen molar-refractivity contribution in [1.29, 1.82) is 0 Å². The first-order valence-electron chi connectivity index (χ1n) is 3.32. The van der Waals surface area contributed by atoms with Crippen molar-refractivity contribution in [2.75, 3.05) is 19.6 Å². The summed E-state index contributed by atoms with van der Waals surface area (Å²) in [6.45, 7) is 3.93. The average Bonchev–Trinajstić information content (AvgIpc) is 1.90. The molecule has 2 atom stereocenters. The van der Waals surface area contributed by atoms with Gasteiger partial charge in [0, 0.05) is 19.6 Å². The van der Waals surface area contributed by atoms with Crippen LogP contribution in [0.3, 0.4) is 0 Å². The minimum absolute atomic E-state index is 0.0984. The predicted molar refractivity (Wildman–Crippen MR) is 34.2 cm³/mol. The first kappa shape index (κ1) is 6.96. The molecule has 1 aliphatic heterocycles. The van der Waals surface area contributed by atoms with E-state index in [1.54, 1.807) is 6.92 Å². The van der Waals surface area contributed by atoms with Gasteiger partial charge in [0.05, 0.1) is 6.04 Å². The van der Waals surface area contributed by atoms with E-state index in [-0.39, 0.29) is 6.04 Å². The molecule has 1 saturated heterocycles. The summed E-state index contributed by atoms with van der Waals surface area (Å²) in [6, 6.07) is -0.0984. The fourth-order valence-electron chi connectivity index (χ4n) is 0.932.